The van der Waals surface area contributed by atoms with E-state index in [0.29, 0.717) is 0 Å². The third-order valence-electron chi connectivity index (χ3n) is 2.52. The molecule has 1 atom stereocenters. The first kappa shape index (κ1) is 16.5. The van der Waals surface area contributed by atoms with Crippen LogP contribution in [0, 0.1) is 11.6 Å². The molecule has 0 heterocycles. The standard InChI is InChI=1S/C12H13BrF2N2O3/c1-20-11(19)4-9(17-10(18)5-16)7-2-6(13)3-8(14)12(7)15/h2-3,9H,4-5,16H2,1H3,(H,17,18). The molecule has 1 unspecified atom stereocenters. The maximum atomic E-state index is 13.8. The molecule has 0 radical (unpaired) electrons. The van der Waals surface area contributed by atoms with E-state index < -0.39 is 29.6 Å². The van der Waals surface area contributed by atoms with Gasteiger partial charge in [0, 0.05) is 10.0 Å². The van der Waals surface area contributed by atoms with E-state index in [-0.39, 0.29) is 23.0 Å². The Morgan fingerprint density at radius 2 is 2.10 bits per heavy atom. The minimum absolute atomic E-state index is 0.163. The number of methoxy groups -OCH3 is 1. The molecule has 0 saturated carbocycles. The van der Waals surface area contributed by atoms with Crippen LogP contribution < -0.4 is 11.1 Å². The molecule has 0 saturated heterocycles. The lowest BCUT2D eigenvalue weighted by Gasteiger charge is -2.19. The number of amides is 1. The lowest BCUT2D eigenvalue weighted by atomic mass is 10.0. The van der Waals surface area contributed by atoms with Crippen molar-refractivity contribution in [1.29, 1.82) is 0 Å². The second-order valence-corrected chi connectivity index (χ2v) is 4.81. The topological polar surface area (TPSA) is 81.4 Å². The minimum Gasteiger partial charge on any atom is -0.469 e. The van der Waals surface area contributed by atoms with Gasteiger partial charge in [-0.25, -0.2) is 8.78 Å². The van der Waals surface area contributed by atoms with Gasteiger partial charge in [-0.2, -0.15) is 0 Å². The molecule has 0 aromatic heterocycles. The van der Waals surface area contributed by atoms with E-state index in [4.69, 9.17) is 5.73 Å². The van der Waals surface area contributed by atoms with E-state index in [1.165, 1.54) is 6.07 Å². The highest BCUT2D eigenvalue weighted by Crippen LogP contribution is 2.26. The molecule has 0 bridgehead atoms. The van der Waals surface area contributed by atoms with Crippen LogP contribution in [0.1, 0.15) is 18.0 Å². The number of esters is 1. The Kier molecular flexibility index (Phi) is 6.03. The van der Waals surface area contributed by atoms with Gasteiger partial charge in [-0.05, 0) is 12.1 Å². The van der Waals surface area contributed by atoms with Crippen LogP contribution in [0.15, 0.2) is 16.6 Å². The fraction of sp³-hybridized carbons (Fsp3) is 0.333. The van der Waals surface area contributed by atoms with Crippen molar-refractivity contribution in [3.63, 3.8) is 0 Å². The molecule has 110 valence electrons. The first-order valence-corrected chi connectivity index (χ1v) is 6.39. The van der Waals surface area contributed by atoms with Crippen molar-refractivity contribution in [2.24, 2.45) is 5.73 Å². The number of nitrogens with one attached hydrogen (secondary N) is 1. The second kappa shape index (κ2) is 7.30. The number of benzene rings is 1. The van der Waals surface area contributed by atoms with E-state index in [2.05, 4.69) is 26.0 Å². The molecule has 0 fully saturated rings. The molecule has 3 N–H and O–H groups in total. The second-order valence-electron chi connectivity index (χ2n) is 3.90. The average Bonchev–Trinajstić information content (AvgIpc) is 2.41. The van der Waals surface area contributed by atoms with Gasteiger partial charge in [0.05, 0.1) is 26.1 Å². The lowest BCUT2D eigenvalue weighted by molar-refractivity contribution is -0.141. The summed E-state index contributed by atoms with van der Waals surface area (Å²) in [6, 6.07) is 1.16. The summed E-state index contributed by atoms with van der Waals surface area (Å²) in [7, 11) is 1.15. The van der Waals surface area contributed by atoms with E-state index in [1.807, 2.05) is 0 Å². The fourth-order valence-corrected chi connectivity index (χ4v) is 2.02. The Balaban J connectivity index is 3.15. The van der Waals surface area contributed by atoms with E-state index in [9.17, 15) is 18.4 Å². The molecule has 0 spiro atoms. The lowest BCUT2D eigenvalue weighted by Crippen LogP contribution is -2.35. The highest BCUT2D eigenvalue weighted by molar-refractivity contribution is 9.10. The predicted octanol–water partition coefficient (Wildman–Crippen LogP) is 1.41. The number of carbonyl (C=O) groups is 2. The largest absolute Gasteiger partial charge is 0.469 e. The Morgan fingerprint density at radius 3 is 2.65 bits per heavy atom. The number of ether oxygens (including phenoxy) is 1. The molecule has 0 aliphatic heterocycles. The molecule has 1 amide bonds. The first-order chi connectivity index (χ1) is 9.38. The monoisotopic (exact) mass is 350 g/mol. The predicted molar refractivity (Wildman–Crippen MR) is 70.6 cm³/mol. The molecule has 1 aromatic rings. The number of rotatable bonds is 5. The van der Waals surface area contributed by atoms with Crippen molar-refractivity contribution in [2.45, 2.75) is 12.5 Å². The molecule has 1 rings (SSSR count). The molecule has 8 heteroatoms. The average molecular weight is 351 g/mol. The van der Waals surface area contributed by atoms with Gasteiger partial charge in [-0.1, -0.05) is 15.9 Å². The fourth-order valence-electron chi connectivity index (χ4n) is 1.57. The van der Waals surface area contributed by atoms with Crippen LogP contribution in [0.5, 0.6) is 0 Å². The minimum atomic E-state index is -1.14. The van der Waals surface area contributed by atoms with Gasteiger partial charge in [0.1, 0.15) is 0 Å². The van der Waals surface area contributed by atoms with Crippen LogP contribution >= 0.6 is 15.9 Å². The number of carbonyl (C=O) groups excluding carboxylic acids is 2. The Labute approximate surface area is 122 Å². The summed E-state index contributed by atoms with van der Waals surface area (Å²) in [5.41, 5.74) is 4.99. The van der Waals surface area contributed by atoms with Gasteiger partial charge in [-0.15, -0.1) is 0 Å². The van der Waals surface area contributed by atoms with Crippen molar-refractivity contribution in [1.82, 2.24) is 5.32 Å². The zero-order valence-electron chi connectivity index (χ0n) is 10.6. The quantitative estimate of drug-likeness (QED) is 0.621. The molecule has 0 aliphatic carbocycles. The van der Waals surface area contributed by atoms with Crippen LogP contribution in [-0.4, -0.2) is 25.5 Å². The Bertz CT molecular complexity index is 508. The molecular formula is C12H13BrF2N2O3. The number of hydrogen-bond acceptors (Lipinski definition) is 4. The molecule has 20 heavy (non-hydrogen) atoms. The zero-order valence-corrected chi connectivity index (χ0v) is 12.2. The summed E-state index contributed by atoms with van der Waals surface area (Å²) < 4.78 is 31.9. The van der Waals surface area contributed by atoms with Gasteiger partial charge in [-0.3, -0.25) is 9.59 Å². The van der Waals surface area contributed by atoms with Crippen LogP contribution in [0.2, 0.25) is 0 Å². The van der Waals surface area contributed by atoms with Crippen molar-refractivity contribution in [3.05, 3.63) is 33.8 Å². The zero-order chi connectivity index (χ0) is 15.3. The van der Waals surface area contributed by atoms with Crippen molar-refractivity contribution < 1.29 is 23.1 Å². The Morgan fingerprint density at radius 1 is 1.45 bits per heavy atom. The van der Waals surface area contributed by atoms with Gasteiger partial charge < -0.3 is 15.8 Å². The number of nitrogens with two attached hydrogens (primary N) is 1. The Hall–Kier alpha value is -1.54. The van der Waals surface area contributed by atoms with Crippen LogP contribution in [0.4, 0.5) is 8.78 Å². The van der Waals surface area contributed by atoms with Crippen molar-refractivity contribution >= 4 is 27.8 Å². The first-order valence-electron chi connectivity index (χ1n) is 5.59. The summed E-state index contributed by atoms with van der Waals surface area (Å²) >= 11 is 3.02. The van der Waals surface area contributed by atoms with Crippen molar-refractivity contribution in [2.75, 3.05) is 13.7 Å². The van der Waals surface area contributed by atoms with Gasteiger partial charge in [0.25, 0.3) is 0 Å². The normalized spacial score (nSPS) is 11.8. The summed E-state index contributed by atoms with van der Waals surface area (Å²) in [6.45, 7) is -0.338. The molecular weight excluding hydrogens is 338 g/mol. The molecule has 0 aliphatic rings. The van der Waals surface area contributed by atoms with Crippen LogP contribution in [-0.2, 0) is 14.3 Å². The third kappa shape index (κ3) is 4.24. The maximum absolute atomic E-state index is 13.8. The summed E-state index contributed by atoms with van der Waals surface area (Å²) in [5.74, 6) is -3.50. The van der Waals surface area contributed by atoms with E-state index in [1.54, 1.807) is 0 Å². The summed E-state index contributed by atoms with van der Waals surface area (Å²) in [6.07, 6.45) is -0.338. The summed E-state index contributed by atoms with van der Waals surface area (Å²) in [5, 5.41) is 2.35. The van der Waals surface area contributed by atoms with Crippen molar-refractivity contribution in [3.8, 4) is 0 Å². The maximum Gasteiger partial charge on any atom is 0.307 e. The third-order valence-corrected chi connectivity index (χ3v) is 2.97. The molecule has 5 nitrogen and oxygen atoms in total. The van der Waals surface area contributed by atoms with Gasteiger partial charge >= 0.3 is 5.97 Å². The van der Waals surface area contributed by atoms with Crippen LogP contribution in [0.25, 0.3) is 0 Å². The smallest absolute Gasteiger partial charge is 0.307 e. The highest BCUT2D eigenvalue weighted by Gasteiger charge is 2.24. The number of hydrogen-bond donors (Lipinski definition) is 2. The van der Waals surface area contributed by atoms with Crippen LogP contribution in [0.3, 0.4) is 0 Å². The van der Waals surface area contributed by atoms with Gasteiger partial charge in [0.15, 0.2) is 11.6 Å². The summed E-state index contributed by atoms with van der Waals surface area (Å²) in [4.78, 5) is 22.6. The van der Waals surface area contributed by atoms with E-state index in [0.717, 1.165) is 13.2 Å². The van der Waals surface area contributed by atoms with E-state index >= 15 is 0 Å². The SMILES string of the molecule is COC(=O)CC(NC(=O)CN)c1cc(Br)cc(F)c1F. The molecule has 1 aromatic carbocycles. The highest BCUT2D eigenvalue weighted by atomic mass is 79.9. The number of halogens is 3. The van der Waals surface area contributed by atoms with Gasteiger partial charge in [0.2, 0.25) is 5.91 Å².